The lowest BCUT2D eigenvalue weighted by Gasteiger charge is -2.05. The molecule has 1 aromatic rings. The molecule has 1 rings (SSSR count). The summed E-state index contributed by atoms with van der Waals surface area (Å²) in [7, 11) is 0. The van der Waals surface area contributed by atoms with Gasteiger partial charge in [0.2, 0.25) is 0 Å². The molecule has 0 unspecified atom stereocenters. The van der Waals surface area contributed by atoms with Crippen LogP contribution >= 0.6 is 12.2 Å². The van der Waals surface area contributed by atoms with Crippen molar-refractivity contribution in [2.75, 3.05) is 5.32 Å². The number of benzene rings is 1. The summed E-state index contributed by atoms with van der Waals surface area (Å²) in [5.74, 6) is -0.230. The molecule has 0 amide bonds. The monoisotopic (exact) mass is 197 g/mol. The van der Waals surface area contributed by atoms with Crippen molar-refractivity contribution < 1.29 is 4.39 Å². The second-order valence-electron chi connectivity index (χ2n) is 2.81. The summed E-state index contributed by atoms with van der Waals surface area (Å²) in [6.45, 7) is 2.07. The third-order valence-electron chi connectivity index (χ3n) is 1.61. The first kappa shape index (κ1) is 10.1. The van der Waals surface area contributed by atoms with Crippen LogP contribution in [0, 0.1) is 5.82 Å². The van der Waals surface area contributed by atoms with Crippen molar-refractivity contribution in [2.45, 2.75) is 19.8 Å². The van der Waals surface area contributed by atoms with E-state index in [2.05, 4.69) is 12.2 Å². The molecule has 3 heteroatoms. The lowest BCUT2D eigenvalue weighted by molar-refractivity contribution is 0.628. The van der Waals surface area contributed by atoms with E-state index in [1.54, 1.807) is 12.1 Å². The number of rotatable bonds is 3. The largest absolute Gasteiger partial charge is 0.350 e. The van der Waals surface area contributed by atoms with Crippen LogP contribution in [-0.2, 0) is 0 Å². The van der Waals surface area contributed by atoms with Gasteiger partial charge >= 0.3 is 0 Å². The Kier molecular flexibility index (Phi) is 3.83. The summed E-state index contributed by atoms with van der Waals surface area (Å²) in [5.41, 5.74) is 0.847. The Hall–Kier alpha value is -0.960. The van der Waals surface area contributed by atoms with Crippen molar-refractivity contribution in [1.29, 1.82) is 0 Å². The van der Waals surface area contributed by atoms with Crippen LogP contribution in [0.5, 0.6) is 0 Å². The van der Waals surface area contributed by atoms with Gasteiger partial charge in [0.05, 0.1) is 4.99 Å². The molecule has 1 nitrogen and oxygen atoms in total. The Bertz CT molecular complexity index is 281. The van der Waals surface area contributed by atoms with E-state index < -0.39 is 0 Å². The first-order valence-electron chi connectivity index (χ1n) is 4.28. The second-order valence-corrected chi connectivity index (χ2v) is 3.30. The van der Waals surface area contributed by atoms with Gasteiger partial charge in [0.15, 0.2) is 0 Å². The number of nitrogens with one attached hydrogen (secondary N) is 1. The minimum Gasteiger partial charge on any atom is -0.350 e. The molecule has 0 spiro atoms. The molecule has 0 heterocycles. The van der Waals surface area contributed by atoms with Gasteiger partial charge in [-0.1, -0.05) is 19.1 Å². The molecule has 0 saturated heterocycles. The fourth-order valence-electron chi connectivity index (χ4n) is 0.984. The summed E-state index contributed by atoms with van der Waals surface area (Å²) in [5, 5.41) is 3.03. The highest BCUT2D eigenvalue weighted by Crippen LogP contribution is 2.09. The fraction of sp³-hybridized carbons (Fsp3) is 0.300. The van der Waals surface area contributed by atoms with Gasteiger partial charge in [-0.25, -0.2) is 4.39 Å². The first-order valence-corrected chi connectivity index (χ1v) is 4.68. The molecule has 0 saturated carbocycles. The SMILES string of the molecule is CCCC(=S)Nc1ccc(F)cc1. The summed E-state index contributed by atoms with van der Waals surface area (Å²) in [6.07, 6.45) is 1.89. The minimum atomic E-state index is -0.230. The number of anilines is 1. The maximum Gasteiger partial charge on any atom is 0.123 e. The van der Waals surface area contributed by atoms with Gasteiger partial charge in [-0.3, -0.25) is 0 Å². The predicted molar refractivity (Wildman–Crippen MR) is 57.5 cm³/mol. The molecule has 0 bridgehead atoms. The van der Waals surface area contributed by atoms with Gasteiger partial charge in [0.25, 0.3) is 0 Å². The van der Waals surface area contributed by atoms with E-state index in [0.29, 0.717) is 0 Å². The topological polar surface area (TPSA) is 12.0 Å². The lowest BCUT2D eigenvalue weighted by Crippen LogP contribution is -2.07. The number of hydrogen-bond donors (Lipinski definition) is 1. The van der Waals surface area contributed by atoms with Crippen molar-refractivity contribution in [3.63, 3.8) is 0 Å². The average molecular weight is 197 g/mol. The van der Waals surface area contributed by atoms with Gasteiger partial charge in [0.1, 0.15) is 5.82 Å². The van der Waals surface area contributed by atoms with E-state index in [0.717, 1.165) is 23.5 Å². The molecule has 0 aliphatic heterocycles. The van der Waals surface area contributed by atoms with E-state index in [1.807, 2.05) is 0 Å². The highest BCUT2D eigenvalue weighted by Gasteiger charge is 1.96. The smallest absolute Gasteiger partial charge is 0.123 e. The van der Waals surface area contributed by atoms with Crippen LogP contribution in [-0.4, -0.2) is 4.99 Å². The van der Waals surface area contributed by atoms with Crippen molar-refractivity contribution >= 4 is 22.9 Å². The number of thiocarbonyl (C=S) groups is 1. The molecule has 0 aromatic heterocycles. The molecule has 0 aliphatic carbocycles. The maximum absolute atomic E-state index is 12.5. The fourth-order valence-corrected chi connectivity index (χ4v) is 1.31. The minimum absolute atomic E-state index is 0.230. The van der Waals surface area contributed by atoms with Gasteiger partial charge in [-0.15, -0.1) is 0 Å². The van der Waals surface area contributed by atoms with Gasteiger partial charge < -0.3 is 5.32 Å². The van der Waals surface area contributed by atoms with Crippen molar-refractivity contribution in [2.24, 2.45) is 0 Å². The summed E-state index contributed by atoms with van der Waals surface area (Å²) >= 11 is 5.06. The highest BCUT2D eigenvalue weighted by atomic mass is 32.1. The quantitative estimate of drug-likeness (QED) is 0.746. The predicted octanol–water partition coefficient (Wildman–Crippen LogP) is 3.37. The molecule has 1 aromatic carbocycles. The van der Waals surface area contributed by atoms with Crippen molar-refractivity contribution in [1.82, 2.24) is 0 Å². The highest BCUT2D eigenvalue weighted by molar-refractivity contribution is 7.80. The summed E-state index contributed by atoms with van der Waals surface area (Å²) < 4.78 is 12.5. The van der Waals surface area contributed by atoms with Gasteiger partial charge in [-0.05, 0) is 37.1 Å². The number of halogens is 1. The second kappa shape index (κ2) is 4.92. The lowest BCUT2D eigenvalue weighted by atomic mass is 10.3. The van der Waals surface area contributed by atoms with Gasteiger partial charge in [-0.2, -0.15) is 0 Å². The van der Waals surface area contributed by atoms with Gasteiger partial charge in [0, 0.05) is 5.69 Å². The zero-order valence-electron chi connectivity index (χ0n) is 7.51. The van der Waals surface area contributed by atoms with E-state index in [1.165, 1.54) is 12.1 Å². The van der Waals surface area contributed by atoms with E-state index >= 15 is 0 Å². The normalized spacial score (nSPS) is 9.69. The van der Waals surface area contributed by atoms with Crippen LogP contribution in [0.2, 0.25) is 0 Å². The molecule has 0 radical (unpaired) electrons. The third-order valence-corrected chi connectivity index (χ3v) is 1.91. The van der Waals surface area contributed by atoms with Crippen molar-refractivity contribution in [3.8, 4) is 0 Å². The Labute approximate surface area is 83.0 Å². The zero-order chi connectivity index (χ0) is 9.68. The van der Waals surface area contributed by atoms with Crippen LogP contribution < -0.4 is 5.32 Å². The van der Waals surface area contributed by atoms with Crippen molar-refractivity contribution in [3.05, 3.63) is 30.1 Å². The maximum atomic E-state index is 12.5. The number of hydrogen-bond acceptors (Lipinski definition) is 1. The first-order chi connectivity index (χ1) is 6.22. The van der Waals surface area contributed by atoms with Crippen LogP contribution in [0.3, 0.4) is 0 Å². The molecule has 13 heavy (non-hydrogen) atoms. The molecule has 1 N–H and O–H groups in total. The Morgan fingerprint density at radius 2 is 2.00 bits per heavy atom. The van der Waals surface area contributed by atoms with Crippen LogP contribution in [0.25, 0.3) is 0 Å². The molecular formula is C10H12FNS. The zero-order valence-corrected chi connectivity index (χ0v) is 8.33. The van der Waals surface area contributed by atoms with E-state index in [9.17, 15) is 4.39 Å². The third kappa shape index (κ3) is 3.51. The molecule has 0 fully saturated rings. The Morgan fingerprint density at radius 3 is 2.54 bits per heavy atom. The Morgan fingerprint density at radius 1 is 1.38 bits per heavy atom. The van der Waals surface area contributed by atoms with E-state index in [4.69, 9.17) is 12.2 Å². The van der Waals surface area contributed by atoms with Crippen LogP contribution in [0.4, 0.5) is 10.1 Å². The Balaban J connectivity index is 2.54. The molecule has 0 aliphatic rings. The molecular weight excluding hydrogens is 185 g/mol. The summed E-state index contributed by atoms with van der Waals surface area (Å²) in [4.78, 5) is 0.800. The van der Waals surface area contributed by atoms with Crippen LogP contribution in [0.1, 0.15) is 19.8 Å². The summed E-state index contributed by atoms with van der Waals surface area (Å²) in [6, 6.07) is 6.18. The standard InChI is InChI=1S/C10H12FNS/c1-2-3-10(13)12-9-6-4-8(11)5-7-9/h4-7H,2-3H2,1H3,(H,12,13). The van der Waals surface area contributed by atoms with Crippen LogP contribution in [0.15, 0.2) is 24.3 Å². The average Bonchev–Trinajstić information content (AvgIpc) is 2.09. The molecule has 70 valence electrons. The molecule has 0 atom stereocenters. The van der Waals surface area contributed by atoms with E-state index in [-0.39, 0.29) is 5.82 Å².